The first-order valence-corrected chi connectivity index (χ1v) is 10.8. The maximum atomic E-state index is 12.8. The van der Waals surface area contributed by atoms with Crippen molar-refractivity contribution < 1.29 is 18.7 Å². The van der Waals surface area contributed by atoms with Crippen molar-refractivity contribution in [2.75, 3.05) is 12.4 Å². The molecular formula is C22H22N4O4S. The number of nitrogens with zero attached hydrogens (tertiary/aromatic N) is 2. The zero-order valence-electron chi connectivity index (χ0n) is 17.1. The first kappa shape index (κ1) is 20.8. The van der Waals surface area contributed by atoms with Crippen LogP contribution in [0.4, 0.5) is 4.79 Å². The van der Waals surface area contributed by atoms with E-state index in [1.54, 1.807) is 32.2 Å². The van der Waals surface area contributed by atoms with E-state index in [1.807, 2.05) is 41.1 Å². The van der Waals surface area contributed by atoms with E-state index in [2.05, 4.69) is 15.6 Å². The van der Waals surface area contributed by atoms with E-state index in [0.717, 1.165) is 10.8 Å². The van der Waals surface area contributed by atoms with E-state index in [1.165, 1.54) is 11.8 Å². The molecule has 0 saturated carbocycles. The van der Waals surface area contributed by atoms with Gasteiger partial charge in [0.1, 0.15) is 17.6 Å². The Kier molecular flexibility index (Phi) is 6.13. The second-order valence-corrected chi connectivity index (χ2v) is 7.74. The fourth-order valence-electron chi connectivity index (χ4n) is 3.32. The van der Waals surface area contributed by atoms with E-state index in [-0.39, 0.29) is 6.61 Å². The zero-order valence-corrected chi connectivity index (χ0v) is 17.9. The molecule has 0 saturated heterocycles. The topological polar surface area (TPSA) is 98.4 Å². The molecule has 1 unspecified atom stereocenters. The number of ether oxygens (including phenoxy) is 1. The van der Waals surface area contributed by atoms with E-state index < -0.39 is 18.0 Å². The Morgan fingerprint density at radius 1 is 1.26 bits per heavy atom. The number of carbonyl (C=O) groups is 2. The highest BCUT2D eigenvalue weighted by Gasteiger charge is 2.35. The zero-order chi connectivity index (χ0) is 21.8. The van der Waals surface area contributed by atoms with Crippen molar-refractivity contribution in [2.24, 2.45) is 0 Å². The van der Waals surface area contributed by atoms with Crippen LogP contribution in [0.2, 0.25) is 0 Å². The fraction of sp³-hybridized carbons (Fsp3) is 0.227. The molecule has 1 aliphatic rings. The van der Waals surface area contributed by atoms with Crippen LogP contribution in [0.3, 0.4) is 0 Å². The number of aryl methyl sites for hydroxylation is 1. The summed E-state index contributed by atoms with van der Waals surface area (Å²) in [7, 11) is 0. The van der Waals surface area contributed by atoms with Crippen molar-refractivity contribution in [1.29, 1.82) is 0 Å². The molecule has 0 fully saturated rings. The number of imidazole rings is 1. The first-order chi connectivity index (χ1) is 15.1. The van der Waals surface area contributed by atoms with Gasteiger partial charge in [0, 0.05) is 29.5 Å². The average molecular weight is 439 g/mol. The van der Waals surface area contributed by atoms with Crippen LogP contribution in [0.25, 0.3) is 5.69 Å². The molecule has 0 radical (unpaired) electrons. The molecule has 3 heterocycles. The molecule has 31 heavy (non-hydrogen) atoms. The number of nitrogens with one attached hydrogen (secondary N) is 2. The SMILES string of the molecule is CCOC(=O)C1=C(CSc2nccn2-c2ccccc2)NC(=O)NC1c1ccc(C)o1. The van der Waals surface area contributed by atoms with Crippen LogP contribution in [0.1, 0.15) is 24.5 Å². The Hall–Kier alpha value is -3.46. The molecule has 0 spiro atoms. The average Bonchev–Trinajstić information content (AvgIpc) is 3.41. The van der Waals surface area contributed by atoms with Crippen molar-refractivity contribution in [3.8, 4) is 5.69 Å². The molecule has 2 N–H and O–H groups in total. The predicted octanol–water partition coefficient (Wildman–Crippen LogP) is 3.74. The molecule has 0 aliphatic carbocycles. The van der Waals surface area contributed by atoms with E-state index in [9.17, 15) is 9.59 Å². The first-order valence-electron chi connectivity index (χ1n) is 9.82. The molecule has 8 nitrogen and oxygen atoms in total. The van der Waals surface area contributed by atoms with Crippen LogP contribution in [-0.2, 0) is 9.53 Å². The number of rotatable bonds is 7. The van der Waals surface area contributed by atoms with E-state index >= 15 is 0 Å². The maximum Gasteiger partial charge on any atom is 0.338 e. The number of hydrogen-bond donors (Lipinski definition) is 2. The highest BCUT2D eigenvalue weighted by Crippen LogP contribution is 2.31. The molecule has 1 aromatic carbocycles. The van der Waals surface area contributed by atoms with Gasteiger partial charge in [-0.1, -0.05) is 30.0 Å². The van der Waals surface area contributed by atoms with Gasteiger partial charge in [0.15, 0.2) is 5.16 Å². The number of furan rings is 1. The quantitative estimate of drug-likeness (QED) is 0.431. The maximum absolute atomic E-state index is 12.8. The lowest BCUT2D eigenvalue weighted by molar-refractivity contribution is -0.139. The molecular weight excluding hydrogens is 416 g/mol. The second-order valence-electron chi connectivity index (χ2n) is 6.80. The van der Waals surface area contributed by atoms with Gasteiger partial charge in [-0.2, -0.15) is 0 Å². The van der Waals surface area contributed by atoms with Gasteiger partial charge >= 0.3 is 12.0 Å². The summed E-state index contributed by atoms with van der Waals surface area (Å²) in [6, 6.07) is 12.2. The third-order valence-corrected chi connectivity index (χ3v) is 5.67. The Labute approximate surface area is 183 Å². The number of hydrogen-bond acceptors (Lipinski definition) is 6. The number of thioether (sulfide) groups is 1. The molecule has 2 aromatic heterocycles. The fourth-order valence-corrected chi connectivity index (χ4v) is 4.26. The van der Waals surface area contributed by atoms with Gasteiger partial charge in [0.2, 0.25) is 0 Å². The Balaban J connectivity index is 1.66. The summed E-state index contributed by atoms with van der Waals surface area (Å²) in [4.78, 5) is 29.6. The van der Waals surface area contributed by atoms with Crippen LogP contribution in [-0.4, -0.2) is 33.9 Å². The van der Waals surface area contributed by atoms with Gasteiger partial charge < -0.3 is 19.8 Å². The van der Waals surface area contributed by atoms with Crippen LogP contribution in [0.5, 0.6) is 0 Å². The number of aromatic nitrogens is 2. The normalized spacial score (nSPS) is 16.1. The summed E-state index contributed by atoms with van der Waals surface area (Å²) in [6.07, 6.45) is 3.58. The van der Waals surface area contributed by atoms with Crippen molar-refractivity contribution >= 4 is 23.8 Å². The minimum Gasteiger partial charge on any atom is -0.464 e. The Bertz CT molecular complexity index is 1120. The van der Waals surface area contributed by atoms with Crippen LogP contribution in [0.15, 0.2) is 75.7 Å². The van der Waals surface area contributed by atoms with E-state index in [4.69, 9.17) is 9.15 Å². The highest BCUT2D eigenvalue weighted by molar-refractivity contribution is 7.99. The van der Waals surface area contributed by atoms with Crippen molar-refractivity contribution in [2.45, 2.75) is 25.0 Å². The Morgan fingerprint density at radius 3 is 2.77 bits per heavy atom. The summed E-state index contributed by atoms with van der Waals surface area (Å²) >= 11 is 1.41. The largest absolute Gasteiger partial charge is 0.464 e. The number of carbonyl (C=O) groups excluding carboxylic acids is 2. The summed E-state index contributed by atoms with van der Waals surface area (Å²) in [5, 5.41) is 6.26. The van der Waals surface area contributed by atoms with Crippen LogP contribution < -0.4 is 10.6 Å². The van der Waals surface area contributed by atoms with Gasteiger partial charge in [0.05, 0.1) is 12.2 Å². The van der Waals surface area contributed by atoms with Gasteiger partial charge in [-0.25, -0.2) is 14.6 Å². The monoisotopic (exact) mass is 438 g/mol. The minimum absolute atomic E-state index is 0.221. The van der Waals surface area contributed by atoms with Gasteiger partial charge in [-0.05, 0) is 38.1 Å². The number of amides is 2. The van der Waals surface area contributed by atoms with Gasteiger partial charge in [-0.15, -0.1) is 0 Å². The molecule has 3 aromatic rings. The van der Waals surface area contributed by atoms with Gasteiger partial charge in [-0.3, -0.25) is 4.57 Å². The smallest absolute Gasteiger partial charge is 0.338 e. The lowest BCUT2D eigenvalue weighted by atomic mass is 10.0. The summed E-state index contributed by atoms with van der Waals surface area (Å²) in [6.45, 7) is 3.77. The minimum atomic E-state index is -0.731. The van der Waals surface area contributed by atoms with Crippen LogP contribution in [0, 0.1) is 6.92 Å². The third kappa shape index (κ3) is 4.51. The van der Waals surface area contributed by atoms with Crippen molar-refractivity contribution in [1.82, 2.24) is 20.2 Å². The molecule has 4 rings (SSSR count). The molecule has 2 amide bonds. The summed E-state index contributed by atoms with van der Waals surface area (Å²) in [5.41, 5.74) is 1.76. The molecule has 1 aliphatic heterocycles. The third-order valence-electron chi connectivity index (χ3n) is 4.68. The molecule has 0 bridgehead atoms. The number of benzene rings is 1. The molecule has 1 atom stereocenters. The summed E-state index contributed by atoms with van der Waals surface area (Å²) < 4.78 is 12.9. The second kappa shape index (κ2) is 9.13. The molecule has 160 valence electrons. The number of para-hydroxylation sites is 1. The standard InChI is InChI=1S/C22H22N4O4S/c1-3-29-20(27)18-16(24-21(28)25-19(18)17-10-9-14(2)30-17)13-31-22-23-11-12-26(22)15-7-5-4-6-8-15/h4-12,19H,3,13H2,1-2H3,(H2,24,25,28). The predicted molar refractivity (Wildman–Crippen MR) is 116 cm³/mol. The lowest BCUT2D eigenvalue weighted by Crippen LogP contribution is -2.46. The van der Waals surface area contributed by atoms with Crippen molar-refractivity contribution in [3.05, 3.63) is 77.6 Å². The summed E-state index contributed by atoms with van der Waals surface area (Å²) in [5.74, 6) is 0.980. The number of urea groups is 1. The van der Waals surface area contributed by atoms with E-state index in [0.29, 0.717) is 28.5 Å². The van der Waals surface area contributed by atoms with Crippen LogP contribution >= 0.6 is 11.8 Å². The molecule has 9 heteroatoms. The Morgan fingerprint density at radius 2 is 2.06 bits per heavy atom. The number of esters is 1. The lowest BCUT2D eigenvalue weighted by Gasteiger charge is -2.27. The van der Waals surface area contributed by atoms with Gasteiger partial charge in [0.25, 0.3) is 0 Å². The van der Waals surface area contributed by atoms with Crippen molar-refractivity contribution in [3.63, 3.8) is 0 Å². The highest BCUT2D eigenvalue weighted by atomic mass is 32.2.